The normalized spacial score (nSPS) is 18.0. The summed E-state index contributed by atoms with van der Waals surface area (Å²) in [6, 6.07) is 15.1. The molecule has 0 radical (unpaired) electrons. The lowest BCUT2D eigenvalue weighted by Gasteiger charge is -2.24. The number of carbonyl (C=O) groups excluding carboxylic acids is 2. The number of likely N-dealkylation sites (tertiary alicyclic amines) is 1. The molecule has 0 saturated carbocycles. The summed E-state index contributed by atoms with van der Waals surface area (Å²) < 4.78 is 10.6. The number of carboxylic acids is 1. The summed E-state index contributed by atoms with van der Waals surface area (Å²) in [7, 11) is 1.43. The maximum Gasteiger partial charge on any atom is 0.407 e. The number of rotatable bonds is 7. The summed E-state index contributed by atoms with van der Waals surface area (Å²) in [4.78, 5) is 38.0. The molecule has 0 bridgehead atoms. The molecule has 1 saturated heterocycles. The van der Waals surface area contributed by atoms with Crippen LogP contribution in [0.25, 0.3) is 11.1 Å². The number of alkyl carbamates (subject to hydrolysis) is 1. The second kappa shape index (κ2) is 9.40. The first-order valence-electron chi connectivity index (χ1n) is 10.6. The molecule has 0 spiro atoms. The maximum atomic E-state index is 12.8. The molecule has 32 heavy (non-hydrogen) atoms. The van der Waals surface area contributed by atoms with Gasteiger partial charge >= 0.3 is 12.1 Å². The van der Waals surface area contributed by atoms with E-state index in [4.69, 9.17) is 14.6 Å². The number of hydrogen-bond donors (Lipinski definition) is 2. The van der Waals surface area contributed by atoms with Crippen LogP contribution in [0.5, 0.6) is 0 Å². The van der Waals surface area contributed by atoms with Crippen LogP contribution in [0.15, 0.2) is 48.5 Å². The van der Waals surface area contributed by atoms with Gasteiger partial charge in [0, 0.05) is 26.1 Å². The van der Waals surface area contributed by atoms with Crippen LogP contribution in [0.1, 0.15) is 23.5 Å². The van der Waals surface area contributed by atoms with E-state index in [0.29, 0.717) is 13.0 Å². The number of fused-ring (bicyclic) bond motifs is 3. The molecule has 1 heterocycles. The van der Waals surface area contributed by atoms with Crippen molar-refractivity contribution in [3.63, 3.8) is 0 Å². The van der Waals surface area contributed by atoms with Gasteiger partial charge in [-0.1, -0.05) is 48.5 Å². The molecule has 2 aromatic rings. The molecule has 2 N–H and O–H groups in total. The van der Waals surface area contributed by atoms with E-state index in [2.05, 4.69) is 17.4 Å². The van der Waals surface area contributed by atoms with E-state index in [-0.39, 0.29) is 31.6 Å². The number of methoxy groups -OCH3 is 1. The zero-order chi connectivity index (χ0) is 22.7. The number of carbonyl (C=O) groups is 3. The van der Waals surface area contributed by atoms with Crippen LogP contribution in [-0.2, 0) is 19.1 Å². The van der Waals surface area contributed by atoms with Crippen molar-refractivity contribution in [1.29, 1.82) is 0 Å². The average molecular weight is 438 g/mol. The summed E-state index contributed by atoms with van der Waals surface area (Å²) in [5, 5.41) is 11.7. The lowest BCUT2D eigenvalue weighted by Crippen LogP contribution is -2.50. The Morgan fingerprint density at radius 2 is 1.72 bits per heavy atom. The zero-order valence-electron chi connectivity index (χ0n) is 17.8. The van der Waals surface area contributed by atoms with E-state index in [1.54, 1.807) is 0 Å². The molecule has 2 amide bonds. The molecule has 2 atom stereocenters. The second-order valence-corrected chi connectivity index (χ2v) is 8.09. The van der Waals surface area contributed by atoms with Gasteiger partial charge in [0.2, 0.25) is 5.91 Å². The first-order chi connectivity index (χ1) is 15.5. The summed E-state index contributed by atoms with van der Waals surface area (Å²) >= 11 is 0. The SMILES string of the molecule is COC[C@H](NC(=O)OCC1c2ccccc2-c2ccccc21)C(=O)N1CCC(C(=O)O)C1. The molecule has 8 heteroatoms. The van der Waals surface area contributed by atoms with Gasteiger partial charge < -0.3 is 24.8 Å². The van der Waals surface area contributed by atoms with Crippen LogP contribution >= 0.6 is 0 Å². The Kier molecular flexibility index (Phi) is 6.41. The minimum absolute atomic E-state index is 0.0305. The van der Waals surface area contributed by atoms with E-state index in [0.717, 1.165) is 22.3 Å². The molecule has 1 unspecified atom stereocenters. The molecular formula is C24H26N2O6. The van der Waals surface area contributed by atoms with Crippen LogP contribution < -0.4 is 5.32 Å². The van der Waals surface area contributed by atoms with Gasteiger partial charge in [0.15, 0.2) is 0 Å². The van der Waals surface area contributed by atoms with E-state index >= 15 is 0 Å². The molecule has 1 fully saturated rings. The zero-order valence-corrected chi connectivity index (χ0v) is 17.8. The molecule has 8 nitrogen and oxygen atoms in total. The van der Waals surface area contributed by atoms with Crippen molar-refractivity contribution >= 4 is 18.0 Å². The fraction of sp³-hybridized carbons (Fsp3) is 0.375. The van der Waals surface area contributed by atoms with Gasteiger partial charge in [-0.25, -0.2) is 4.79 Å². The highest BCUT2D eigenvalue weighted by Gasteiger charge is 2.35. The lowest BCUT2D eigenvalue weighted by molar-refractivity contribution is -0.141. The quantitative estimate of drug-likeness (QED) is 0.688. The van der Waals surface area contributed by atoms with Gasteiger partial charge in [0.1, 0.15) is 12.6 Å². The number of aliphatic carboxylic acids is 1. The van der Waals surface area contributed by atoms with E-state index in [1.165, 1.54) is 12.0 Å². The third kappa shape index (κ3) is 4.31. The van der Waals surface area contributed by atoms with Gasteiger partial charge in [0.25, 0.3) is 0 Å². The topological polar surface area (TPSA) is 105 Å². The van der Waals surface area contributed by atoms with Gasteiger partial charge in [-0.15, -0.1) is 0 Å². The number of carboxylic acid groups (broad SMARTS) is 1. The minimum Gasteiger partial charge on any atom is -0.481 e. The number of benzene rings is 2. The number of hydrogen-bond acceptors (Lipinski definition) is 5. The Morgan fingerprint density at radius 3 is 2.28 bits per heavy atom. The number of nitrogens with zero attached hydrogens (tertiary/aromatic N) is 1. The van der Waals surface area contributed by atoms with Gasteiger partial charge in [-0.05, 0) is 28.7 Å². The first kappa shape index (κ1) is 21.8. The van der Waals surface area contributed by atoms with Crippen molar-refractivity contribution < 1.29 is 29.0 Å². The van der Waals surface area contributed by atoms with Crippen molar-refractivity contribution in [3.05, 3.63) is 59.7 Å². The van der Waals surface area contributed by atoms with Crippen molar-refractivity contribution in [2.45, 2.75) is 18.4 Å². The van der Waals surface area contributed by atoms with E-state index in [9.17, 15) is 14.4 Å². The third-order valence-electron chi connectivity index (χ3n) is 6.12. The first-order valence-corrected chi connectivity index (χ1v) is 10.6. The van der Waals surface area contributed by atoms with E-state index < -0.39 is 24.0 Å². The average Bonchev–Trinajstić information content (AvgIpc) is 3.41. The van der Waals surface area contributed by atoms with Crippen molar-refractivity contribution in [2.24, 2.45) is 5.92 Å². The summed E-state index contributed by atoms with van der Waals surface area (Å²) in [5.74, 6) is -1.96. The minimum atomic E-state index is -0.941. The van der Waals surface area contributed by atoms with E-state index in [1.807, 2.05) is 36.4 Å². The van der Waals surface area contributed by atoms with Crippen molar-refractivity contribution in [2.75, 3.05) is 33.4 Å². The highest BCUT2D eigenvalue weighted by molar-refractivity contribution is 5.87. The lowest BCUT2D eigenvalue weighted by atomic mass is 9.98. The molecule has 1 aliphatic carbocycles. The van der Waals surface area contributed by atoms with Crippen LogP contribution in [0.4, 0.5) is 4.79 Å². The fourth-order valence-electron chi connectivity index (χ4n) is 4.51. The van der Waals surface area contributed by atoms with Crippen LogP contribution in [-0.4, -0.2) is 67.4 Å². The molecule has 2 aromatic carbocycles. The summed E-state index contributed by atoms with van der Waals surface area (Å²) in [6.07, 6.45) is -0.317. The van der Waals surface area contributed by atoms with Gasteiger partial charge in [-0.2, -0.15) is 0 Å². The fourth-order valence-corrected chi connectivity index (χ4v) is 4.51. The Bertz CT molecular complexity index is 978. The summed E-state index contributed by atoms with van der Waals surface area (Å²) in [6.45, 7) is 0.568. The molecule has 2 aliphatic rings. The van der Waals surface area contributed by atoms with Crippen LogP contribution in [0.2, 0.25) is 0 Å². The summed E-state index contributed by atoms with van der Waals surface area (Å²) in [5.41, 5.74) is 4.46. The highest BCUT2D eigenvalue weighted by Crippen LogP contribution is 2.44. The standard InChI is InChI=1S/C24H26N2O6/c1-31-14-21(22(27)26-11-10-15(12-26)23(28)29)25-24(30)32-13-20-18-8-4-2-6-16(18)17-7-3-5-9-19(17)20/h2-9,15,20-21H,10-14H2,1H3,(H,25,30)(H,28,29)/t15?,21-/m0/s1. The predicted octanol–water partition coefficient (Wildman–Crippen LogP) is 2.47. The number of amides is 2. The smallest absolute Gasteiger partial charge is 0.407 e. The molecule has 0 aromatic heterocycles. The van der Waals surface area contributed by atoms with Crippen molar-refractivity contribution in [3.8, 4) is 11.1 Å². The predicted molar refractivity (Wildman–Crippen MR) is 116 cm³/mol. The Balaban J connectivity index is 1.39. The Labute approximate surface area is 186 Å². The Morgan fingerprint density at radius 1 is 1.09 bits per heavy atom. The van der Waals surface area contributed by atoms with Crippen LogP contribution in [0.3, 0.4) is 0 Å². The second-order valence-electron chi connectivity index (χ2n) is 8.09. The molecule has 168 valence electrons. The Hall–Kier alpha value is -3.39. The number of ether oxygens (including phenoxy) is 2. The van der Waals surface area contributed by atoms with Gasteiger partial charge in [0.05, 0.1) is 12.5 Å². The number of nitrogens with one attached hydrogen (secondary N) is 1. The maximum absolute atomic E-state index is 12.8. The van der Waals surface area contributed by atoms with Crippen molar-refractivity contribution in [1.82, 2.24) is 10.2 Å². The highest BCUT2D eigenvalue weighted by atomic mass is 16.5. The largest absolute Gasteiger partial charge is 0.481 e. The molecule has 4 rings (SSSR count). The van der Waals surface area contributed by atoms with Crippen LogP contribution in [0, 0.1) is 5.92 Å². The third-order valence-corrected chi connectivity index (χ3v) is 6.12. The molecular weight excluding hydrogens is 412 g/mol. The monoisotopic (exact) mass is 438 g/mol. The van der Waals surface area contributed by atoms with Gasteiger partial charge in [-0.3, -0.25) is 9.59 Å². The molecule has 1 aliphatic heterocycles.